The minimum absolute atomic E-state index is 0.360. The van der Waals surface area contributed by atoms with Gasteiger partial charge in [-0.3, -0.25) is 0 Å². The zero-order chi connectivity index (χ0) is 21.3. The standard InChI is InChI=1S/C22H20Cl2N4O2/c1-29-21-10-19-16(9-18(21)25)22(26)28(12-27-19)15-5-6-20(17(24)8-15)30-11-13-3-2-4-14(23)7-13/h2-10,12,22H,11,25-26H2,1H3. The van der Waals surface area contributed by atoms with Crippen LogP contribution in [0.3, 0.4) is 0 Å². The van der Waals surface area contributed by atoms with Gasteiger partial charge < -0.3 is 25.8 Å². The van der Waals surface area contributed by atoms with Crippen molar-refractivity contribution in [3.63, 3.8) is 0 Å². The van der Waals surface area contributed by atoms with Crippen LogP contribution in [0.15, 0.2) is 59.6 Å². The molecule has 6 nitrogen and oxygen atoms in total. The molecule has 154 valence electrons. The second kappa shape index (κ2) is 8.44. The fraction of sp³-hybridized carbons (Fsp3) is 0.136. The number of nitrogens with zero attached hydrogens (tertiary/aromatic N) is 2. The second-order valence-corrected chi connectivity index (χ2v) is 7.63. The van der Waals surface area contributed by atoms with E-state index in [9.17, 15) is 0 Å². The van der Waals surface area contributed by atoms with Gasteiger partial charge in [0.15, 0.2) is 0 Å². The Labute approximate surface area is 184 Å². The van der Waals surface area contributed by atoms with Gasteiger partial charge in [-0.2, -0.15) is 0 Å². The van der Waals surface area contributed by atoms with E-state index < -0.39 is 6.17 Å². The fourth-order valence-corrected chi connectivity index (χ4v) is 3.70. The van der Waals surface area contributed by atoms with Crippen LogP contribution in [0.1, 0.15) is 17.3 Å². The third kappa shape index (κ3) is 4.03. The average molecular weight is 443 g/mol. The molecule has 0 spiro atoms. The van der Waals surface area contributed by atoms with Crippen LogP contribution in [-0.2, 0) is 6.61 Å². The molecule has 1 aliphatic rings. The molecule has 3 aromatic rings. The zero-order valence-corrected chi connectivity index (χ0v) is 17.7. The number of rotatable bonds is 5. The highest BCUT2D eigenvalue weighted by atomic mass is 35.5. The van der Waals surface area contributed by atoms with Crippen LogP contribution in [0.5, 0.6) is 11.5 Å². The molecule has 0 bridgehead atoms. The van der Waals surface area contributed by atoms with E-state index in [0.29, 0.717) is 33.8 Å². The van der Waals surface area contributed by atoms with Crippen LogP contribution in [0.4, 0.5) is 17.1 Å². The Balaban J connectivity index is 1.54. The summed E-state index contributed by atoms with van der Waals surface area (Å²) in [5.41, 5.74) is 16.3. The van der Waals surface area contributed by atoms with E-state index in [4.69, 9.17) is 44.1 Å². The normalized spacial score (nSPS) is 15.1. The van der Waals surface area contributed by atoms with E-state index in [-0.39, 0.29) is 0 Å². The first kappa shape index (κ1) is 20.3. The van der Waals surface area contributed by atoms with Gasteiger partial charge in [-0.15, -0.1) is 0 Å². The Kier molecular flexibility index (Phi) is 5.72. The summed E-state index contributed by atoms with van der Waals surface area (Å²) in [5, 5.41) is 1.13. The van der Waals surface area contributed by atoms with Crippen LogP contribution in [-0.4, -0.2) is 13.4 Å². The average Bonchev–Trinajstić information content (AvgIpc) is 2.73. The summed E-state index contributed by atoms with van der Waals surface area (Å²) >= 11 is 12.5. The fourth-order valence-electron chi connectivity index (χ4n) is 3.26. The Morgan fingerprint density at radius 1 is 1.07 bits per heavy atom. The maximum Gasteiger partial charge on any atom is 0.143 e. The lowest BCUT2D eigenvalue weighted by Crippen LogP contribution is -2.35. The van der Waals surface area contributed by atoms with Crippen LogP contribution < -0.4 is 25.8 Å². The molecule has 0 saturated carbocycles. The van der Waals surface area contributed by atoms with Crippen molar-refractivity contribution in [2.75, 3.05) is 17.7 Å². The maximum absolute atomic E-state index is 6.47. The second-order valence-electron chi connectivity index (χ2n) is 6.78. The summed E-state index contributed by atoms with van der Waals surface area (Å²) in [7, 11) is 1.56. The number of methoxy groups -OCH3 is 1. The van der Waals surface area contributed by atoms with Gasteiger partial charge in [0.25, 0.3) is 0 Å². The Morgan fingerprint density at radius 3 is 2.63 bits per heavy atom. The molecule has 8 heteroatoms. The number of nitrogen functional groups attached to an aromatic ring is 1. The topological polar surface area (TPSA) is 86.1 Å². The van der Waals surface area contributed by atoms with Gasteiger partial charge in [-0.1, -0.05) is 35.3 Å². The number of aliphatic imine (C=N–C) groups is 1. The largest absolute Gasteiger partial charge is 0.495 e. The molecule has 0 aliphatic carbocycles. The van der Waals surface area contributed by atoms with Gasteiger partial charge in [0, 0.05) is 22.3 Å². The third-order valence-electron chi connectivity index (χ3n) is 4.82. The zero-order valence-electron chi connectivity index (χ0n) is 16.2. The molecule has 0 aromatic heterocycles. The molecule has 1 heterocycles. The molecule has 30 heavy (non-hydrogen) atoms. The van der Waals surface area contributed by atoms with Crippen molar-refractivity contribution < 1.29 is 9.47 Å². The summed E-state index contributed by atoms with van der Waals surface area (Å²) in [5.74, 6) is 1.13. The predicted octanol–water partition coefficient (Wildman–Crippen LogP) is 5.30. The number of ether oxygens (including phenoxy) is 2. The van der Waals surface area contributed by atoms with Gasteiger partial charge >= 0.3 is 0 Å². The predicted molar refractivity (Wildman–Crippen MR) is 122 cm³/mol. The van der Waals surface area contributed by atoms with E-state index in [0.717, 1.165) is 22.5 Å². The van der Waals surface area contributed by atoms with Crippen molar-refractivity contribution in [2.24, 2.45) is 10.7 Å². The molecule has 0 amide bonds. The van der Waals surface area contributed by atoms with Gasteiger partial charge in [-0.25, -0.2) is 4.99 Å². The maximum atomic E-state index is 6.47. The number of nitrogens with two attached hydrogens (primary N) is 2. The van der Waals surface area contributed by atoms with Crippen molar-refractivity contribution in [1.82, 2.24) is 0 Å². The van der Waals surface area contributed by atoms with E-state index >= 15 is 0 Å². The highest BCUT2D eigenvalue weighted by molar-refractivity contribution is 6.32. The first-order chi connectivity index (χ1) is 14.5. The van der Waals surface area contributed by atoms with Gasteiger partial charge in [-0.05, 0) is 42.0 Å². The molecule has 1 unspecified atom stereocenters. The summed E-state index contributed by atoms with van der Waals surface area (Å²) in [4.78, 5) is 6.31. The molecule has 4 N–H and O–H groups in total. The number of fused-ring (bicyclic) bond motifs is 1. The number of benzene rings is 3. The molecule has 0 saturated heterocycles. The van der Waals surface area contributed by atoms with Crippen molar-refractivity contribution in [3.8, 4) is 11.5 Å². The quantitative estimate of drug-likeness (QED) is 0.523. The van der Waals surface area contributed by atoms with Crippen molar-refractivity contribution in [1.29, 1.82) is 0 Å². The molecular formula is C22H20Cl2N4O2. The summed E-state index contributed by atoms with van der Waals surface area (Å²) in [6.07, 6.45) is 1.20. The van der Waals surface area contributed by atoms with Crippen LogP contribution in [0.25, 0.3) is 0 Å². The van der Waals surface area contributed by atoms with Gasteiger partial charge in [0.2, 0.25) is 0 Å². The van der Waals surface area contributed by atoms with Crippen LogP contribution in [0, 0.1) is 0 Å². The van der Waals surface area contributed by atoms with E-state index in [2.05, 4.69) is 4.99 Å². The van der Waals surface area contributed by atoms with Crippen LogP contribution >= 0.6 is 23.2 Å². The number of anilines is 2. The number of halogens is 2. The first-order valence-corrected chi connectivity index (χ1v) is 9.94. The summed E-state index contributed by atoms with van der Waals surface area (Å²) in [6, 6.07) is 16.5. The molecule has 1 aliphatic heterocycles. The van der Waals surface area contributed by atoms with E-state index in [1.807, 2.05) is 35.2 Å². The molecule has 0 radical (unpaired) electrons. The summed E-state index contributed by atoms with van der Waals surface area (Å²) < 4.78 is 11.1. The lowest BCUT2D eigenvalue weighted by atomic mass is 10.1. The molecule has 0 fully saturated rings. The monoisotopic (exact) mass is 442 g/mol. The van der Waals surface area contributed by atoms with Gasteiger partial charge in [0.1, 0.15) is 24.3 Å². The minimum Gasteiger partial charge on any atom is -0.495 e. The Hall–Kier alpha value is -2.93. The minimum atomic E-state index is -0.472. The van der Waals surface area contributed by atoms with Crippen molar-refractivity contribution in [3.05, 3.63) is 75.8 Å². The lowest BCUT2D eigenvalue weighted by Gasteiger charge is -2.31. The molecular weight excluding hydrogens is 423 g/mol. The van der Waals surface area contributed by atoms with Gasteiger partial charge in [0.05, 0.1) is 29.8 Å². The van der Waals surface area contributed by atoms with Crippen molar-refractivity contribution in [2.45, 2.75) is 12.8 Å². The highest BCUT2D eigenvalue weighted by Crippen LogP contribution is 2.39. The number of hydrogen-bond acceptors (Lipinski definition) is 6. The highest BCUT2D eigenvalue weighted by Gasteiger charge is 2.24. The smallest absolute Gasteiger partial charge is 0.143 e. The van der Waals surface area contributed by atoms with Crippen LogP contribution in [0.2, 0.25) is 10.0 Å². The lowest BCUT2D eigenvalue weighted by molar-refractivity contribution is 0.306. The Morgan fingerprint density at radius 2 is 1.90 bits per heavy atom. The SMILES string of the molecule is COc1cc2c(cc1N)C(N)N(c1ccc(OCc3cccc(Cl)c3)c(Cl)c1)C=N2. The van der Waals surface area contributed by atoms with E-state index in [1.165, 1.54) is 0 Å². The van der Waals surface area contributed by atoms with Crippen molar-refractivity contribution >= 4 is 46.6 Å². The Bertz CT molecular complexity index is 1120. The van der Waals surface area contributed by atoms with E-state index in [1.54, 1.807) is 37.7 Å². The summed E-state index contributed by atoms with van der Waals surface area (Å²) in [6.45, 7) is 0.360. The molecule has 1 atom stereocenters. The first-order valence-electron chi connectivity index (χ1n) is 9.18. The molecule has 4 rings (SSSR count). The third-order valence-corrected chi connectivity index (χ3v) is 5.35. The molecule has 3 aromatic carbocycles. The number of hydrogen-bond donors (Lipinski definition) is 2.